The van der Waals surface area contributed by atoms with Crippen molar-refractivity contribution in [1.29, 1.82) is 0 Å². The van der Waals surface area contributed by atoms with E-state index in [9.17, 15) is 0 Å². The average Bonchev–Trinajstić information content (AvgIpc) is 2.93. The first-order chi connectivity index (χ1) is 9.69. The summed E-state index contributed by atoms with van der Waals surface area (Å²) < 4.78 is 11.5. The topological polar surface area (TPSA) is 56.5 Å². The molecule has 0 aliphatic carbocycles. The van der Waals surface area contributed by atoms with Crippen molar-refractivity contribution in [3.8, 4) is 11.5 Å². The van der Waals surface area contributed by atoms with Crippen LogP contribution in [0.15, 0.2) is 34.1 Å². The van der Waals surface area contributed by atoms with E-state index in [2.05, 4.69) is 21.4 Å². The van der Waals surface area contributed by atoms with Gasteiger partial charge in [0, 0.05) is 0 Å². The molecule has 6 heteroatoms. The molecule has 1 aromatic heterocycles. The minimum absolute atomic E-state index is 0.0187. The summed E-state index contributed by atoms with van der Waals surface area (Å²) in [5.74, 6) is 7.38. The highest BCUT2D eigenvalue weighted by Gasteiger charge is 2.17. The normalized spacial score (nSPS) is 12.2. The van der Waals surface area contributed by atoms with Gasteiger partial charge in [-0.3, -0.25) is 11.3 Å². The van der Waals surface area contributed by atoms with Crippen molar-refractivity contribution >= 4 is 27.3 Å². The molecular weight excluding hydrogens is 340 g/mol. The van der Waals surface area contributed by atoms with Crippen molar-refractivity contribution in [3.05, 3.63) is 44.6 Å². The van der Waals surface area contributed by atoms with Crippen LogP contribution in [0, 0.1) is 0 Å². The molecule has 0 amide bonds. The van der Waals surface area contributed by atoms with E-state index in [4.69, 9.17) is 15.3 Å². The zero-order valence-corrected chi connectivity index (χ0v) is 13.8. The molecule has 2 rings (SSSR count). The lowest BCUT2D eigenvalue weighted by atomic mass is 10.0. The number of ether oxygens (including phenoxy) is 2. The fourth-order valence-electron chi connectivity index (χ4n) is 2.03. The molecule has 0 aliphatic heterocycles. The Hall–Kier alpha value is -1.08. The third-order valence-electron chi connectivity index (χ3n) is 3.05. The van der Waals surface area contributed by atoms with Crippen LogP contribution in [0.3, 0.4) is 0 Å². The van der Waals surface area contributed by atoms with Gasteiger partial charge in [-0.25, -0.2) is 0 Å². The second-order valence-corrected chi connectivity index (χ2v) is 6.05. The van der Waals surface area contributed by atoms with Gasteiger partial charge in [-0.1, -0.05) is 6.07 Å². The molecule has 0 aliphatic rings. The maximum atomic E-state index is 5.69. The molecule has 4 nitrogen and oxygen atoms in total. The Labute approximate surface area is 131 Å². The van der Waals surface area contributed by atoms with E-state index in [0.717, 1.165) is 32.8 Å². The number of halogens is 1. The molecular formula is C14H17BrN2O2S. The molecule has 0 spiro atoms. The highest BCUT2D eigenvalue weighted by atomic mass is 79.9. The van der Waals surface area contributed by atoms with E-state index >= 15 is 0 Å². The Morgan fingerprint density at radius 3 is 2.60 bits per heavy atom. The zero-order chi connectivity index (χ0) is 14.5. The quantitative estimate of drug-likeness (QED) is 0.615. The zero-order valence-electron chi connectivity index (χ0n) is 11.4. The smallest absolute Gasteiger partial charge is 0.134 e. The van der Waals surface area contributed by atoms with Crippen molar-refractivity contribution < 1.29 is 9.47 Å². The van der Waals surface area contributed by atoms with Crippen LogP contribution in [0.5, 0.6) is 11.5 Å². The van der Waals surface area contributed by atoms with Crippen LogP contribution in [0.4, 0.5) is 0 Å². The van der Waals surface area contributed by atoms with Gasteiger partial charge in [0.15, 0.2) is 0 Å². The van der Waals surface area contributed by atoms with E-state index < -0.39 is 0 Å². The van der Waals surface area contributed by atoms with E-state index in [1.54, 1.807) is 25.6 Å². The van der Waals surface area contributed by atoms with E-state index in [0.29, 0.717) is 0 Å². The molecule has 1 aromatic carbocycles. The summed E-state index contributed by atoms with van der Waals surface area (Å²) in [6, 6.07) is 8.00. The van der Waals surface area contributed by atoms with Gasteiger partial charge in [0.2, 0.25) is 0 Å². The van der Waals surface area contributed by atoms with Crippen LogP contribution in [-0.2, 0) is 6.42 Å². The summed E-state index contributed by atoms with van der Waals surface area (Å²) in [5.41, 5.74) is 4.02. The predicted molar refractivity (Wildman–Crippen MR) is 85.3 cm³/mol. The van der Waals surface area contributed by atoms with Crippen LogP contribution in [0.1, 0.15) is 16.5 Å². The monoisotopic (exact) mass is 356 g/mol. The van der Waals surface area contributed by atoms with Crippen LogP contribution in [0.25, 0.3) is 0 Å². The van der Waals surface area contributed by atoms with Crippen LogP contribution < -0.4 is 20.7 Å². The summed E-state index contributed by atoms with van der Waals surface area (Å²) >= 11 is 5.13. The van der Waals surface area contributed by atoms with E-state index in [1.165, 1.54) is 0 Å². The van der Waals surface area contributed by atoms with E-state index in [-0.39, 0.29) is 6.04 Å². The molecule has 0 saturated heterocycles. The first-order valence-corrected chi connectivity index (χ1v) is 7.76. The number of benzene rings is 1. The fourth-order valence-corrected chi connectivity index (χ4v) is 3.54. The van der Waals surface area contributed by atoms with Crippen LogP contribution in [0.2, 0.25) is 0 Å². The van der Waals surface area contributed by atoms with Crippen LogP contribution in [-0.4, -0.2) is 14.2 Å². The summed E-state index contributed by atoms with van der Waals surface area (Å²) in [5, 5.41) is 2.00. The fraction of sp³-hybridized carbons (Fsp3) is 0.286. The highest BCUT2D eigenvalue weighted by Crippen LogP contribution is 2.33. The van der Waals surface area contributed by atoms with Crippen LogP contribution >= 0.6 is 27.3 Å². The average molecular weight is 357 g/mol. The summed E-state index contributed by atoms with van der Waals surface area (Å²) in [6.07, 6.45) is 0.774. The Morgan fingerprint density at radius 1 is 1.25 bits per heavy atom. The molecule has 0 radical (unpaired) electrons. The maximum Gasteiger partial charge on any atom is 0.134 e. The van der Waals surface area contributed by atoms with Gasteiger partial charge in [0.05, 0.1) is 29.6 Å². The third-order valence-corrected chi connectivity index (χ3v) is 4.68. The lowest BCUT2D eigenvalue weighted by molar-refractivity contribution is 0.403. The molecule has 0 fully saturated rings. The minimum atomic E-state index is 0.0187. The molecule has 0 saturated carbocycles. The molecule has 1 atom stereocenters. The molecule has 1 heterocycles. The minimum Gasteiger partial charge on any atom is -0.496 e. The molecule has 0 bridgehead atoms. The highest BCUT2D eigenvalue weighted by molar-refractivity contribution is 9.10. The number of rotatable bonds is 6. The SMILES string of the molecule is COc1ccc(CC(NN)c2sccc2OC)cc1Br. The molecule has 108 valence electrons. The Morgan fingerprint density at radius 2 is 2.00 bits per heavy atom. The molecule has 2 aromatic rings. The molecule has 1 unspecified atom stereocenters. The first kappa shape index (κ1) is 15.3. The van der Waals surface area contributed by atoms with Gasteiger partial charge in [0.25, 0.3) is 0 Å². The number of hydrogen-bond donors (Lipinski definition) is 2. The predicted octanol–water partition coefficient (Wildman–Crippen LogP) is 3.27. The lowest BCUT2D eigenvalue weighted by Gasteiger charge is -2.16. The second-order valence-electron chi connectivity index (χ2n) is 4.25. The Kier molecular flexibility index (Phi) is 5.42. The van der Waals surface area contributed by atoms with Gasteiger partial charge in [-0.2, -0.15) is 0 Å². The molecule has 20 heavy (non-hydrogen) atoms. The van der Waals surface area contributed by atoms with Crippen molar-refractivity contribution in [2.75, 3.05) is 14.2 Å². The number of hydrazine groups is 1. The van der Waals surface area contributed by atoms with Gasteiger partial charge in [0.1, 0.15) is 11.5 Å². The largest absolute Gasteiger partial charge is 0.496 e. The van der Waals surface area contributed by atoms with Crippen molar-refractivity contribution in [2.24, 2.45) is 5.84 Å². The third kappa shape index (κ3) is 3.32. The van der Waals surface area contributed by atoms with Gasteiger partial charge in [-0.15, -0.1) is 11.3 Å². The number of nitrogens with one attached hydrogen (secondary N) is 1. The van der Waals surface area contributed by atoms with Crippen molar-refractivity contribution in [3.63, 3.8) is 0 Å². The second kappa shape index (κ2) is 7.08. The summed E-state index contributed by atoms with van der Waals surface area (Å²) in [7, 11) is 3.32. The Bertz CT molecular complexity index is 574. The van der Waals surface area contributed by atoms with Gasteiger partial charge >= 0.3 is 0 Å². The first-order valence-electron chi connectivity index (χ1n) is 6.09. The Balaban J connectivity index is 2.20. The standard InChI is InChI=1S/C14H17BrN2O2S/c1-18-12-4-3-9(7-10(12)15)8-11(17-16)14-13(19-2)5-6-20-14/h3-7,11,17H,8,16H2,1-2H3. The molecule has 3 N–H and O–H groups in total. The lowest BCUT2D eigenvalue weighted by Crippen LogP contribution is -2.29. The number of nitrogens with two attached hydrogens (primary N) is 1. The van der Waals surface area contributed by atoms with Gasteiger partial charge in [-0.05, 0) is 51.5 Å². The summed E-state index contributed by atoms with van der Waals surface area (Å²) in [6.45, 7) is 0. The number of hydrogen-bond acceptors (Lipinski definition) is 5. The van der Waals surface area contributed by atoms with E-state index in [1.807, 2.05) is 29.6 Å². The number of methoxy groups -OCH3 is 2. The van der Waals surface area contributed by atoms with Gasteiger partial charge < -0.3 is 9.47 Å². The van der Waals surface area contributed by atoms with Crippen molar-refractivity contribution in [2.45, 2.75) is 12.5 Å². The van der Waals surface area contributed by atoms with Crippen molar-refractivity contribution in [1.82, 2.24) is 5.43 Å². The maximum absolute atomic E-state index is 5.69. The summed E-state index contributed by atoms with van der Waals surface area (Å²) in [4.78, 5) is 1.10. The number of thiophene rings is 1.